The molecule has 2 aliphatic rings. The Balaban J connectivity index is 1.36. The molecule has 7 nitrogen and oxygen atoms in total. The summed E-state index contributed by atoms with van der Waals surface area (Å²) in [6.45, 7) is 3.66. The number of fused-ring (bicyclic) bond motifs is 1. The molecule has 25 heavy (non-hydrogen) atoms. The largest absolute Gasteiger partial charge is 0.355 e. The Morgan fingerprint density at radius 3 is 2.44 bits per heavy atom. The van der Waals surface area contributed by atoms with Gasteiger partial charge in [0.2, 0.25) is 5.91 Å². The van der Waals surface area contributed by atoms with Gasteiger partial charge in [0, 0.05) is 32.1 Å². The van der Waals surface area contributed by atoms with Gasteiger partial charge in [-0.15, -0.1) is 15.3 Å². The van der Waals surface area contributed by atoms with Crippen LogP contribution in [0.2, 0.25) is 0 Å². The third-order valence-corrected chi connectivity index (χ3v) is 5.48. The van der Waals surface area contributed by atoms with Crippen molar-refractivity contribution < 1.29 is 4.79 Å². The van der Waals surface area contributed by atoms with E-state index in [4.69, 9.17) is 0 Å². The number of aromatic nitrogens is 4. The molecule has 0 bridgehead atoms. The number of rotatable bonds is 2. The molecule has 4 rings (SSSR count). The monoisotopic (exact) mass is 342 g/mol. The molecule has 0 spiro atoms. The first kappa shape index (κ1) is 16.3. The normalized spacial score (nSPS) is 20.5. The number of amides is 1. The molecule has 2 fully saturated rings. The van der Waals surface area contributed by atoms with Crippen LogP contribution in [0.3, 0.4) is 0 Å². The van der Waals surface area contributed by atoms with Gasteiger partial charge in [-0.05, 0) is 37.8 Å². The third kappa shape index (κ3) is 3.60. The topological polar surface area (TPSA) is 66.6 Å². The SMILES string of the molecule is O=C(C1CCN(c2ccc3nncn3n2)CC1)N1CCCCCCC1. The summed E-state index contributed by atoms with van der Waals surface area (Å²) < 4.78 is 1.70. The molecule has 2 saturated heterocycles. The van der Waals surface area contributed by atoms with Crippen LogP contribution in [0.15, 0.2) is 18.5 Å². The van der Waals surface area contributed by atoms with Crippen molar-refractivity contribution >= 4 is 17.4 Å². The number of carbonyl (C=O) groups is 1. The van der Waals surface area contributed by atoms with Crippen LogP contribution in [0.25, 0.3) is 5.65 Å². The van der Waals surface area contributed by atoms with Crippen LogP contribution in [0, 0.1) is 5.92 Å². The number of nitrogens with zero attached hydrogens (tertiary/aromatic N) is 6. The predicted molar refractivity (Wildman–Crippen MR) is 95.4 cm³/mol. The molecule has 0 radical (unpaired) electrons. The van der Waals surface area contributed by atoms with Crippen molar-refractivity contribution in [1.29, 1.82) is 0 Å². The maximum Gasteiger partial charge on any atom is 0.225 e. The van der Waals surface area contributed by atoms with Gasteiger partial charge in [0.1, 0.15) is 12.1 Å². The molecular formula is C18H26N6O. The molecule has 134 valence electrons. The summed E-state index contributed by atoms with van der Waals surface area (Å²) in [6, 6.07) is 3.93. The van der Waals surface area contributed by atoms with Gasteiger partial charge in [0.05, 0.1) is 0 Å². The molecule has 2 aromatic heterocycles. The fourth-order valence-electron chi connectivity index (χ4n) is 3.97. The number of piperidine rings is 1. The van der Waals surface area contributed by atoms with Crippen molar-refractivity contribution in [2.75, 3.05) is 31.1 Å². The average Bonchev–Trinajstić information content (AvgIpc) is 3.09. The summed E-state index contributed by atoms with van der Waals surface area (Å²) in [7, 11) is 0. The minimum absolute atomic E-state index is 0.175. The van der Waals surface area contributed by atoms with Crippen LogP contribution >= 0.6 is 0 Å². The molecule has 1 amide bonds. The lowest BCUT2D eigenvalue weighted by molar-refractivity contribution is -0.136. The van der Waals surface area contributed by atoms with E-state index in [9.17, 15) is 4.79 Å². The summed E-state index contributed by atoms with van der Waals surface area (Å²) in [6.07, 6.45) is 9.62. The molecule has 2 aliphatic heterocycles. The van der Waals surface area contributed by atoms with Gasteiger partial charge < -0.3 is 9.80 Å². The Morgan fingerprint density at radius 1 is 0.960 bits per heavy atom. The fraction of sp³-hybridized carbons (Fsp3) is 0.667. The van der Waals surface area contributed by atoms with E-state index in [0.717, 1.165) is 63.3 Å². The quantitative estimate of drug-likeness (QED) is 0.836. The smallest absolute Gasteiger partial charge is 0.225 e. The van der Waals surface area contributed by atoms with Crippen LogP contribution in [0.4, 0.5) is 5.82 Å². The van der Waals surface area contributed by atoms with Gasteiger partial charge in [-0.2, -0.15) is 4.52 Å². The Morgan fingerprint density at radius 2 is 1.68 bits per heavy atom. The first-order valence-corrected chi connectivity index (χ1v) is 9.52. The Bertz CT molecular complexity index is 713. The number of carbonyl (C=O) groups excluding carboxylic acids is 1. The van der Waals surface area contributed by atoms with Crippen molar-refractivity contribution in [3.05, 3.63) is 18.5 Å². The first-order chi connectivity index (χ1) is 12.3. The number of hydrogen-bond donors (Lipinski definition) is 0. The molecule has 2 aromatic rings. The molecule has 0 N–H and O–H groups in total. The van der Waals surface area contributed by atoms with Crippen molar-refractivity contribution in [3.8, 4) is 0 Å². The number of hydrogen-bond acceptors (Lipinski definition) is 5. The molecular weight excluding hydrogens is 316 g/mol. The fourth-order valence-corrected chi connectivity index (χ4v) is 3.97. The van der Waals surface area contributed by atoms with Crippen molar-refractivity contribution in [1.82, 2.24) is 24.7 Å². The van der Waals surface area contributed by atoms with E-state index in [-0.39, 0.29) is 5.92 Å². The van der Waals surface area contributed by atoms with E-state index in [1.165, 1.54) is 19.3 Å². The summed E-state index contributed by atoms with van der Waals surface area (Å²) >= 11 is 0. The first-order valence-electron chi connectivity index (χ1n) is 9.52. The summed E-state index contributed by atoms with van der Waals surface area (Å²) in [4.78, 5) is 17.3. The highest BCUT2D eigenvalue weighted by atomic mass is 16.2. The standard InChI is InChI=1S/C18H26N6O/c25-18(23-10-4-2-1-3-5-11-23)15-8-12-22(13-9-15)17-7-6-16-20-19-14-24(16)21-17/h6-7,14-15H,1-5,8-13H2. The van der Waals surface area contributed by atoms with E-state index < -0.39 is 0 Å². The highest BCUT2D eigenvalue weighted by Crippen LogP contribution is 2.24. The third-order valence-electron chi connectivity index (χ3n) is 5.48. The maximum absolute atomic E-state index is 12.9. The van der Waals surface area contributed by atoms with Crippen LogP contribution in [0.1, 0.15) is 44.9 Å². The highest BCUT2D eigenvalue weighted by molar-refractivity contribution is 5.79. The van der Waals surface area contributed by atoms with Gasteiger partial charge in [-0.3, -0.25) is 4.79 Å². The molecule has 7 heteroatoms. The molecule has 0 aromatic carbocycles. The zero-order valence-corrected chi connectivity index (χ0v) is 14.7. The second-order valence-corrected chi connectivity index (χ2v) is 7.18. The van der Waals surface area contributed by atoms with Gasteiger partial charge in [-0.1, -0.05) is 19.3 Å². The van der Waals surface area contributed by atoms with Gasteiger partial charge in [0.15, 0.2) is 5.65 Å². The minimum Gasteiger partial charge on any atom is -0.355 e. The lowest BCUT2D eigenvalue weighted by Crippen LogP contribution is -2.43. The van der Waals surface area contributed by atoms with E-state index >= 15 is 0 Å². The number of likely N-dealkylation sites (tertiary alicyclic amines) is 1. The van der Waals surface area contributed by atoms with Crippen molar-refractivity contribution in [3.63, 3.8) is 0 Å². The summed E-state index contributed by atoms with van der Waals surface area (Å²) in [5.41, 5.74) is 0.755. The average molecular weight is 342 g/mol. The highest BCUT2D eigenvalue weighted by Gasteiger charge is 2.29. The Kier molecular flexibility index (Phi) is 4.81. The van der Waals surface area contributed by atoms with E-state index in [1.54, 1.807) is 10.8 Å². The van der Waals surface area contributed by atoms with E-state index in [1.807, 2.05) is 12.1 Å². The molecule has 0 atom stereocenters. The maximum atomic E-state index is 12.9. The lowest BCUT2D eigenvalue weighted by Gasteiger charge is -2.35. The Labute approximate surface area is 148 Å². The molecule has 0 saturated carbocycles. The zero-order chi connectivity index (χ0) is 17.1. The predicted octanol–water partition coefficient (Wildman–Crippen LogP) is 2.13. The second-order valence-electron chi connectivity index (χ2n) is 7.18. The van der Waals surface area contributed by atoms with Crippen LogP contribution < -0.4 is 4.90 Å². The molecule has 4 heterocycles. The van der Waals surface area contributed by atoms with Crippen molar-refractivity contribution in [2.45, 2.75) is 44.9 Å². The summed E-state index contributed by atoms with van der Waals surface area (Å²) in [5, 5.41) is 12.4. The van der Waals surface area contributed by atoms with E-state index in [0.29, 0.717) is 5.91 Å². The zero-order valence-electron chi connectivity index (χ0n) is 14.7. The second kappa shape index (κ2) is 7.37. The van der Waals surface area contributed by atoms with Gasteiger partial charge in [0.25, 0.3) is 0 Å². The van der Waals surface area contributed by atoms with Crippen LogP contribution in [0.5, 0.6) is 0 Å². The van der Waals surface area contributed by atoms with Gasteiger partial charge >= 0.3 is 0 Å². The van der Waals surface area contributed by atoms with Crippen LogP contribution in [-0.4, -0.2) is 56.8 Å². The van der Waals surface area contributed by atoms with Crippen molar-refractivity contribution in [2.24, 2.45) is 5.92 Å². The minimum atomic E-state index is 0.175. The molecule has 0 unspecified atom stereocenters. The van der Waals surface area contributed by atoms with Crippen LogP contribution in [-0.2, 0) is 4.79 Å². The van der Waals surface area contributed by atoms with E-state index in [2.05, 4.69) is 25.1 Å². The lowest BCUT2D eigenvalue weighted by atomic mass is 9.94. The molecule has 0 aliphatic carbocycles. The summed E-state index contributed by atoms with van der Waals surface area (Å²) in [5.74, 6) is 1.49. The van der Waals surface area contributed by atoms with Gasteiger partial charge in [-0.25, -0.2) is 0 Å². The number of anilines is 1. The Hall–Kier alpha value is -2.18.